The topological polar surface area (TPSA) is 34.1 Å². The molecule has 94 valence electrons. The summed E-state index contributed by atoms with van der Waals surface area (Å²) in [6, 6.07) is 5.83. The Balaban J connectivity index is 1.92. The van der Waals surface area contributed by atoms with Crippen LogP contribution in [0.25, 0.3) is 0 Å². The summed E-state index contributed by atoms with van der Waals surface area (Å²) in [5.41, 5.74) is 0.434. The molecule has 1 aromatic heterocycles. The third kappa shape index (κ3) is 3.35. The lowest BCUT2D eigenvalue weighted by atomic mass is 9.76. The largest absolute Gasteiger partial charge is 0.481 e. The lowest BCUT2D eigenvalue weighted by Gasteiger charge is -2.33. The minimum atomic E-state index is 0.434. The van der Waals surface area contributed by atoms with Crippen molar-refractivity contribution in [3.05, 3.63) is 18.2 Å². The van der Waals surface area contributed by atoms with E-state index in [4.69, 9.17) is 4.74 Å². The lowest BCUT2D eigenvalue weighted by Crippen LogP contribution is -2.29. The van der Waals surface area contributed by atoms with Crippen LogP contribution < -0.4 is 10.1 Å². The molecule has 1 fully saturated rings. The van der Waals surface area contributed by atoms with Gasteiger partial charge in [0.05, 0.1) is 7.11 Å². The highest BCUT2D eigenvalue weighted by Crippen LogP contribution is 2.35. The van der Waals surface area contributed by atoms with E-state index >= 15 is 0 Å². The number of nitrogens with one attached hydrogen (secondary N) is 1. The number of ether oxygens (including phenoxy) is 1. The smallest absolute Gasteiger partial charge is 0.214 e. The Morgan fingerprint density at radius 3 is 2.76 bits per heavy atom. The molecule has 1 N–H and O–H groups in total. The first-order valence-electron chi connectivity index (χ1n) is 6.47. The molecule has 0 bridgehead atoms. The van der Waals surface area contributed by atoms with E-state index in [1.807, 2.05) is 18.2 Å². The fourth-order valence-electron chi connectivity index (χ4n) is 2.51. The number of pyridine rings is 1. The van der Waals surface area contributed by atoms with Gasteiger partial charge in [-0.15, -0.1) is 0 Å². The van der Waals surface area contributed by atoms with Crippen molar-refractivity contribution in [2.75, 3.05) is 19.0 Å². The van der Waals surface area contributed by atoms with E-state index in [-0.39, 0.29) is 0 Å². The molecule has 0 atom stereocenters. The van der Waals surface area contributed by atoms with Crippen LogP contribution in [0.5, 0.6) is 5.88 Å². The first kappa shape index (κ1) is 12.2. The van der Waals surface area contributed by atoms with Crippen LogP contribution in [0, 0.1) is 5.41 Å². The Labute approximate surface area is 104 Å². The molecular weight excluding hydrogens is 212 g/mol. The highest BCUT2D eigenvalue weighted by Gasteiger charge is 2.26. The van der Waals surface area contributed by atoms with Crippen molar-refractivity contribution in [3.8, 4) is 5.88 Å². The van der Waals surface area contributed by atoms with E-state index in [1.165, 1.54) is 32.1 Å². The average molecular weight is 234 g/mol. The van der Waals surface area contributed by atoms with Crippen LogP contribution in [-0.4, -0.2) is 18.6 Å². The van der Waals surface area contributed by atoms with Crippen molar-refractivity contribution < 1.29 is 4.74 Å². The number of rotatable bonds is 4. The summed E-state index contributed by atoms with van der Waals surface area (Å²) in [5.74, 6) is 1.58. The van der Waals surface area contributed by atoms with E-state index < -0.39 is 0 Å². The number of anilines is 1. The van der Waals surface area contributed by atoms with Gasteiger partial charge in [-0.3, -0.25) is 0 Å². The van der Waals surface area contributed by atoms with Gasteiger partial charge in [0.25, 0.3) is 0 Å². The SMILES string of the molecule is COc1cccc(NCC2(C)CCCCC2)n1. The zero-order valence-corrected chi connectivity index (χ0v) is 10.8. The minimum absolute atomic E-state index is 0.434. The van der Waals surface area contributed by atoms with Crippen molar-refractivity contribution in [1.29, 1.82) is 0 Å². The van der Waals surface area contributed by atoms with E-state index in [0.29, 0.717) is 11.3 Å². The first-order chi connectivity index (χ1) is 8.22. The normalized spacial score (nSPS) is 18.7. The van der Waals surface area contributed by atoms with E-state index in [9.17, 15) is 0 Å². The second-order valence-electron chi connectivity index (χ2n) is 5.29. The van der Waals surface area contributed by atoms with Gasteiger partial charge in [-0.2, -0.15) is 4.98 Å². The van der Waals surface area contributed by atoms with Crippen molar-refractivity contribution in [2.45, 2.75) is 39.0 Å². The Morgan fingerprint density at radius 1 is 1.29 bits per heavy atom. The molecule has 0 unspecified atom stereocenters. The molecule has 2 rings (SSSR count). The third-order valence-corrected chi connectivity index (χ3v) is 3.69. The zero-order valence-electron chi connectivity index (χ0n) is 10.8. The minimum Gasteiger partial charge on any atom is -0.481 e. The molecule has 1 aromatic rings. The zero-order chi connectivity index (χ0) is 12.1. The van der Waals surface area contributed by atoms with Crippen LogP contribution >= 0.6 is 0 Å². The van der Waals surface area contributed by atoms with E-state index in [0.717, 1.165) is 12.4 Å². The van der Waals surface area contributed by atoms with E-state index in [1.54, 1.807) is 7.11 Å². The van der Waals surface area contributed by atoms with Crippen molar-refractivity contribution in [3.63, 3.8) is 0 Å². The summed E-state index contributed by atoms with van der Waals surface area (Å²) in [6.45, 7) is 3.38. The summed E-state index contributed by atoms with van der Waals surface area (Å²) >= 11 is 0. The molecule has 1 saturated carbocycles. The molecule has 0 aliphatic heterocycles. The maximum absolute atomic E-state index is 5.12. The second-order valence-corrected chi connectivity index (χ2v) is 5.29. The summed E-state index contributed by atoms with van der Waals surface area (Å²) in [7, 11) is 1.65. The van der Waals surface area contributed by atoms with Crippen LogP contribution in [-0.2, 0) is 0 Å². The average Bonchev–Trinajstić information content (AvgIpc) is 2.38. The van der Waals surface area contributed by atoms with Crippen molar-refractivity contribution in [2.24, 2.45) is 5.41 Å². The molecule has 3 nitrogen and oxygen atoms in total. The lowest BCUT2D eigenvalue weighted by molar-refractivity contribution is 0.233. The molecule has 0 saturated heterocycles. The maximum Gasteiger partial charge on any atom is 0.214 e. The quantitative estimate of drug-likeness (QED) is 0.866. The van der Waals surface area contributed by atoms with Crippen LogP contribution in [0.1, 0.15) is 39.0 Å². The highest BCUT2D eigenvalue weighted by atomic mass is 16.5. The predicted octanol–water partition coefficient (Wildman–Crippen LogP) is 3.47. The molecule has 1 aliphatic carbocycles. The summed E-state index contributed by atoms with van der Waals surface area (Å²) in [6.07, 6.45) is 6.77. The van der Waals surface area contributed by atoms with Crippen LogP contribution in [0.2, 0.25) is 0 Å². The monoisotopic (exact) mass is 234 g/mol. The molecule has 1 heterocycles. The summed E-state index contributed by atoms with van der Waals surface area (Å²) < 4.78 is 5.12. The summed E-state index contributed by atoms with van der Waals surface area (Å²) in [4.78, 5) is 4.37. The second kappa shape index (κ2) is 5.39. The Kier molecular flexibility index (Phi) is 3.87. The number of hydrogen-bond acceptors (Lipinski definition) is 3. The molecule has 17 heavy (non-hydrogen) atoms. The van der Waals surface area contributed by atoms with Gasteiger partial charge in [0.1, 0.15) is 5.82 Å². The third-order valence-electron chi connectivity index (χ3n) is 3.69. The number of methoxy groups -OCH3 is 1. The number of hydrogen-bond donors (Lipinski definition) is 1. The Bertz CT molecular complexity index is 359. The van der Waals surface area contributed by atoms with Gasteiger partial charge < -0.3 is 10.1 Å². The van der Waals surface area contributed by atoms with E-state index in [2.05, 4.69) is 17.2 Å². The fourth-order valence-corrected chi connectivity index (χ4v) is 2.51. The van der Waals surface area contributed by atoms with Crippen LogP contribution in [0.3, 0.4) is 0 Å². The van der Waals surface area contributed by atoms with Gasteiger partial charge in [0.2, 0.25) is 5.88 Å². The van der Waals surface area contributed by atoms with Gasteiger partial charge in [0.15, 0.2) is 0 Å². The van der Waals surface area contributed by atoms with Gasteiger partial charge in [-0.25, -0.2) is 0 Å². The standard InChI is InChI=1S/C14H22N2O/c1-14(9-4-3-5-10-14)11-15-12-7-6-8-13(16-12)17-2/h6-8H,3-5,9-11H2,1-2H3,(H,15,16). The van der Waals surface area contributed by atoms with Gasteiger partial charge in [0, 0.05) is 12.6 Å². The molecule has 0 amide bonds. The highest BCUT2D eigenvalue weighted by molar-refractivity contribution is 5.37. The van der Waals surface area contributed by atoms with Crippen molar-refractivity contribution in [1.82, 2.24) is 4.98 Å². The summed E-state index contributed by atoms with van der Waals surface area (Å²) in [5, 5.41) is 3.44. The molecule has 3 heteroatoms. The van der Waals surface area contributed by atoms with Crippen molar-refractivity contribution >= 4 is 5.82 Å². The number of aromatic nitrogens is 1. The molecule has 0 spiro atoms. The Hall–Kier alpha value is -1.25. The van der Waals surface area contributed by atoms with Gasteiger partial charge in [-0.05, 0) is 24.3 Å². The molecule has 0 radical (unpaired) electrons. The van der Waals surface area contributed by atoms with Crippen LogP contribution in [0.15, 0.2) is 18.2 Å². The number of nitrogens with zero attached hydrogens (tertiary/aromatic N) is 1. The van der Waals surface area contributed by atoms with Gasteiger partial charge in [-0.1, -0.05) is 32.3 Å². The predicted molar refractivity (Wildman–Crippen MR) is 70.5 cm³/mol. The molecular formula is C14H22N2O. The fraction of sp³-hybridized carbons (Fsp3) is 0.643. The molecule has 0 aromatic carbocycles. The Morgan fingerprint density at radius 2 is 2.06 bits per heavy atom. The maximum atomic E-state index is 5.12. The first-order valence-corrected chi connectivity index (χ1v) is 6.47. The molecule has 1 aliphatic rings. The van der Waals surface area contributed by atoms with Gasteiger partial charge >= 0.3 is 0 Å². The van der Waals surface area contributed by atoms with Crippen LogP contribution in [0.4, 0.5) is 5.82 Å².